The number of likely N-dealkylation sites (tertiary alicyclic amines) is 1. The summed E-state index contributed by atoms with van der Waals surface area (Å²) in [5.74, 6) is -1.81. The smallest absolute Gasteiger partial charge is 0.250 e. The number of aliphatic hydroxyl groups excluding tert-OH is 1. The number of nitrogens with one attached hydrogen (secondary N) is 2. The molecular weight excluding hydrogens is 486 g/mol. The third-order valence-corrected chi connectivity index (χ3v) is 8.57. The normalized spacial score (nSPS) is 31.3. The molecule has 3 fully saturated rings. The Kier molecular flexibility index (Phi) is 6.92. The molecule has 0 aliphatic carbocycles. The highest BCUT2D eigenvalue weighted by Crippen LogP contribution is 2.65. The maximum absolute atomic E-state index is 14.0. The van der Waals surface area contributed by atoms with Crippen molar-refractivity contribution in [3.8, 4) is 5.75 Å². The van der Waals surface area contributed by atoms with Crippen molar-refractivity contribution < 1.29 is 29.0 Å². The Labute approximate surface area is 222 Å². The number of ether oxygens (including phenoxy) is 2. The van der Waals surface area contributed by atoms with E-state index in [1.807, 2.05) is 44.2 Å². The fourth-order valence-corrected chi connectivity index (χ4v) is 6.70. The summed E-state index contributed by atoms with van der Waals surface area (Å²) in [5.41, 5.74) is -0.500. The number of aliphatic hydroxyl groups is 1. The van der Waals surface area contributed by atoms with E-state index in [1.165, 1.54) is 4.90 Å². The second kappa shape index (κ2) is 10.0. The molecule has 202 valence electrons. The van der Waals surface area contributed by atoms with Crippen molar-refractivity contribution in [2.24, 2.45) is 17.8 Å². The first-order chi connectivity index (χ1) is 18.2. The molecule has 3 amide bonds. The highest BCUT2D eigenvalue weighted by Gasteiger charge is 2.79. The Morgan fingerprint density at radius 2 is 1.84 bits per heavy atom. The van der Waals surface area contributed by atoms with Crippen molar-refractivity contribution in [3.05, 3.63) is 60.2 Å². The second-order valence-corrected chi connectivity index (χ2v) is 10.7. The number of rotatable bonds is 9. The van der Waals surface area contributed by atoms with Gasteiger partial charge in [0.15, 0.2) is 0 Å². The summed E-state index contributed by atoms with van der Waals surface area (Å²) in [6.07, 6.45) is 0.803. The summed E-state index contributed by atoms with van der Waals surface area (Å²) < 4.78 is 11.9. The van der Waals surface area contributed by atoms with Gasteiger partial charge in [0.1, 0.15) is 17.4 Å². The summed E-state index contributed by atoms with van der Waals surface area (Å²) in [4.78, 5) is 43.0. The van der Waals surface area contributed by atoms with Crippen LogP contribution in [0.25, 0.3) is 0 Å². The standard InChI is InChI=1S/C29H35N3O6/c1-18-16-29-23(22(28(18,2)38-29)25(34)30-17-19-8-5-4-6-9-19)27(36)32(14-7-15-33)24(29)26(35)31-20-10-12-21(37-3)13-11-20/h4-6,8-13,18,22-24,33H,7,14-17H2,1-3H3,(H,30,34)(H,31,35)/t18?,22-,23-,24?,28+,29?/m0/s1. The lowest BCUT2D eigenvalue weighted by Gasteiger charge is -2.36. The van der Waals surface area contributed by atoms with Crippen LogP contribution >= 0.6 is 0 Å². The Morgan fingerprint density at radius 3 is 2.50 bits per heavy atom. The zero-order valence-electron chi connectivity index (χ0n) is 22.0. The van der Waals surface area contributed by atoms with Gasteiger partial charge in [0.2, 0.25) is 17.7 Å². The van der Waals surface area contributed by atoms with E-state index in [0.717, 1.165) is 5.56 Å². The second-order valence-electron chi connectivity index (χ2n) is 10.7. The number of fused-ring (bicyclic) bond motifs is 1. The molecule has 3 aliphatic rings. The minimum Gasteiger partial charge on any atom is -0.497 e. The van der Waals surface area contributed by atoms with Gasteiger partial charge in [-0.2, -0.15) is 0 Å². The number of carbonyl (C=O) groups excluding carboxylic acids is 3. The number of amides is 3. The van der Waals surface area contributed by atoms with Crippen LogP contribution < -0.4 is 15.4 Å². The van der Waals surface area contributed by atoms with Crippen molar-refractivity contribution >= 4 is 23.4 Å². The molecule has 3 N–H and O–H groups in total. The van der Waals surface area contributed by atoms with Crippen LogP contribution in [0.15, 0.2) is 54.6 Å². The van der Waals surface area contributed by atoms with Crippen LogP contribution in [0.3, 0.4) is 0 Å². The number of benzene rings is 2. The number of hydrogen-bond donors (Lipinski definition) is 3. The Balaban J connectivity index is 1.46. The molecule has 3 unspecified atom stereocenters. The van der Waals surface area contributed by atoms with Crippen LogP contribution in [-0.4, -0.2) is 65.2 Å². The van der Waals surface area contributed by atoms with Gasteiger partial charge in [-0.1, -0.05) is 37.3 Å². The molecule has 5 rings (SSSR count). The summed E-state index contributed by atoms with van der Waals surface area (Å²) in [7, 11) is 1.57. The average Bonchev–Trinajstić information content (AvgIpc) is 3.43. The number of carbonyl (C=O) groups is 3. The number of nitrogens with zero attached hydrogens (tertiary/aromatic N) is 1. The zero-order chi connectivity index (χ0) is 27.1. The molecule has 38 heavy (non-hydrogen) atoms. The van der Waals surface area contributed by atoms with Gasteiger partial charge in [-0.15, -0.1) is 0 Å². The molecule has 9 nitrogen and oxygen atoms in total. The van der Waals surface area contributed by atoms with E-state index >= 15 is 0 Å². The first kappa shape index (κ1) is 26.2. The first-order valence-corrected chi connectivity index (χ1v) is 13.1. The molecule has 6 atom stereocenters. The van der Waals surface area contributed by atoms with Crippen LogP contribution in [0, 0.1) is 17.8 Å². The third-order valence-electron chi connectivity index (χ3n) is 8.57. The zero-order valence-corrected chi connectivity index (χ0v) is 22.0. The minimum absolute atomic E-state index is 0.0481. The van der Waals surface area contributed by atoms with E-state index in [0.29, 0.717) is 30.8 Å². The van der Waals surface area contributed by atoms with Crippen LogP contribution in [0.5, 0.6) is 5.75 Å². The van der Waals surface area contributed by atoms with E-state index in [9.17, 15) is 19.5 Å². The van der Waals surface area contributed by atoms with E-state index in [2.05, 4.69) is 10.6 Å². The number of methoxy groups -OCH3 is 1. The highest BCUT2D eigenvalue weighted by molar-refractivity contribution is 6.03. The molecule has 2 aromatic carbocycles. The van der Waals surface area contributed by atoms with E-state index in [4.69, 9.17) is 9.47 Å². The van der Waals surface area contributed by atoms with Gasteiger partial charge in [0.05, 0.1) is 24.5 Å². The lowest BCUT2D eigenvalue weighted by atomic mass is 9.62. The predicted octanol–water partition coefficient (Wildman–Crippen LogP) is 2.34. The summed E-state index contributed by atoms with van der Waals surface area (Å²) in [5, 5.41) is 15.5. The highest BCUT2D eigenvalue weighted by atomic mass is 16.5. The van der Waals surface area contributed by atoms with Gasteiger partial charge in [-0.3, -0.25) is 14.4 Å². The quantitative estimate of drug-likeness (QED) is 0.466. The predicted molar refractivity (Wildman–Crippen MR) is 140 cm³/mol. The van der Waals surface area contributed by atoms with Gasteiger partial charge in [-0.05, 0) is 55.5 Å². The fraction of sp³-hybridized carbons (Fsp3) is 0.483. The Morgan fingerprint density at radius 1 is 1.13 bits per heavy atom. The Bertz CT molecular complexity index is 1200. The van der Waals surface area contributed by atoms with Crippen molar-refractivity contribution in [2.45, 2.75) is 50.5 Å². The topological polar surface area (TPSA) is 117 Å². The van der Waals surface area contributed by atoms with Gasteiger partial charge in [0, 0.05) is 25.4 Å². The molecule has 2 aromatic rings. The van der Waals surface area contributed by atoms with Gasteiger partial charge < -0.3 is 30.1 Å². The SMILES string of the molecule is COc1ccc(NC(=O)C2N(CCCO)C(=O)[C@@H]3[C@@H](C(=O)NCc4ccccc4)[C@]4(C)OC23CC4C)cc1. The lowest BCUT2D eigenvalue weighted by molar-refractivity contribution is -0.146. The third kappa shape index (κ3) is 4.14. The van der Waals surface area contributed by atoms with Gasteiger partial charge >= 0.3 is 0 Å². The molecule has 2 bridgehead atoms. The monoisotopic (exact) mass is 521 g/mol. The fourth-order valence-electron chi connectivity index (χ4n) is 6.70. The number of anilines is 1. The summed E-state index contributed by atoms with van der Waals surface area (Å²) >= 11 is 0. The largest absolute Gasteiger partial charge is 0.497 e. The first-order valence-electron chi connectivity index (χ1n) is 13.1. The lowest BCUT2D eigenvalue weighted by Crippen LogP contribution is -2.54. The number of hydrogen-bond acceptors (Lipinski definition) is 6. The molecular formula is C29H35N3O6. The molecule has 1 spiro atoms. The maximum Gasteiger partial charge on any atom is 0.250 e. The van der Waals surface area contributed by atoms with Crippen LogP contribution in [0.1, 0.15) is 32.3 Å². The van der Waals surface area contributed by atoms with Crippen molar-refractivity contribution in [3.63, 3.8) is 0 Å². The summed E-state index contributed by atoms with van der Waals surface area (Å²) in [6.45, 7) is 4.32. The van der Waals surface area contributed by atoms with Gasteiger partial charge in [-0.25, -0.2) is 0 Å². The molecule has 3 heterocycles. The van der Waals surface area contributed by atoms with E-state index in [-0.39, 0.29) is 36.8 Å². The molecule has 3 saturated heterocycles. The van der Waals surface area contributed by atoms with E-state index in [1.54, 1.807) is 31.4 Å². The van der Waals surface area contributed by atoms with Crippen LogP contribution in [0.2, 0.25) is 0 Å². The minimum atomic E-state index is -1.13. The maximum atomic E-state index is 14.0. The van der Waals surface area contributed by atoms with Crippen LogP contribution in [0.4, 0.5) is 5.69 Å². The van der Waals surface area contributed by atoms with Gasteiger partial charge in [0.25, 0.3) is 0 Å². The molecule has 9 heteroatoms. The van der Waals surface area contributed by atoms with E-state index < -0.39 is 29.1 Å². The van der Waals surface area contributed by atoms with Crippen molar-refractivity contribution in [2.75, 3.05) is 25.6 Å². The van der Waals surface area contributed by atoms with Crippen LogP contribution in [-0.2, 0) is 25.7 Å². The van der Waals surface area contributed by atoms with Crippen molar-refractivity contribution in [1.29, 1.82) is 0 Å². The molecule has 0 saturated carbocycles. The average molecular weight is 522 g/mol. The molecule has 0 aromatic heterocycles. The molecule has 0 radical (unpaired) electrons. The molecule has 3 aliphatic heterocycles. The Hall–Kier alpha value is -3.43. The van der Waals surface area contributed by atoms with Crippen molar-refractivity contribution in [1.82, 2.24) is 10.2 Å². The summed E-state index contributed by atoms with van der Waals surface area (Å²) in [6, 6.07) is 15.6.